The third kappa shape index (κ3) is 3.94. The molecule has 0 bridgehead atoms. The van der Waals surface area contributed by atoms with Crippen LogP contribution in [0.25, 0.3) is 0 Å². The van der Waals surface area contributed by atoms with Crippen LogP contribution in [0.4, 0.5) is 0 Å². The fourth-order valence-corrected chi connectivity index (χ4v) is 1.84. The first-order valence-electron chi connectivity index (χ1n) is 5.81. The minimum absolute atomic E-state index is 0.470. The highest BCUT2D eigenvalue weighted by Crippen LogP contribution is 2.20. The Morgan fingerprint density at radius 2 is 2.00 bits per heavy atom. The molecule has 0 aromatic carbocycles. The summed E-state index contributed by atoms with van der Waals surface area (Å²) in [6, 6.07) is 0. The third-order valence-corrected chi connectivity index (χ3v) is 3.18. The van der Waals surface area contributed by atoms with Crippen LogP contribution in [0.5, 0.6) is 0 Å². The minimum Gasteiger partial charge on any atom is -0.478 e. The van der Waals surface area contributed by atoms with E-state index >= 15 is 0 Å². The largest absolute Gasteiger partial charge is 0.478 e. The lowest BCUT2D eigenvalue weighted by Crippen LogP contribution is -2.42. The van der Waals surface area contributed by atoms with Crippen molar-refractivity contribution >= 4 is 5.97 Å². The molecule has 1 fully saturated rings. The molecule has 1 rings (SSSR count). The van der Waals surface area contributed by atoms with E-state index in [4.69, 9.17) is 5.11 Å². The summed E-state index contributed by atoms with van der Waals surface area (Å²) >= 11 is 0. The number of piperidine rings is 1. The second-order valence-electron chi connectivity index (χ2n) is 4.69. The lowest BCUT2D eigenvalue weighted by Gasteiger charge is -2.35. The summed E-state index contributed by atoms with van der Waals surface area (Å²) in [7, 11) is 0. The van der Waals surface area contributed by atoms with Crippen LogP contribution in [-0.4, -0.2) is 46.3 Å². The monoisotopic (exact) mass is 227 g/mol. The van der Waals surface area contributed by atoms with Gasteiger partial charge in [-0.25, -0.2) is 4.79 Å². The fraction of sp³-hybridized carbons (Fsp3) is 0.750. The Balaban J connectivity index is 2.42. The van der Waals surface area contributed by atoms with Crippen molar-refractivity contribution in [2.75, 3.05) is 19.6 Å². The number of aliphatic carboxylic acids is 1. The molecule has 4 heteroatoms. The standard InChI is InChI=1S/C12H21NO3/c1-3-10(11(14)15)4-7-13-8-5-12(2,16)6-9-13/h4,16H,3,5-9H2,1-2H3,(H,14,15). The summed E-state index contributed by atoms with van der Waals surface area (Å²) in [6.07, 6.45) is 3.86. The van der Waals surface area contributed by atoms with Gasteiger partial charge in [0.1, 0.15) is 0 Å². The van der Waals surface area contributed by atoms with E-state index in [1.165, 1.54) is 0 Å². The van der Waals surface area contributed by atoms with Gasteiger partial charge in [0.25, 0.3) is 0 Å². The zero-order valence-corrected chi connectivity index (χ0v) is 10.1. The van der Waals surface area contributed by atoms with Crippen molar-refractivity contribution in [1.29, 1.82) is 0 Å². The Bertz CT molecular complexity index is 274. The van der Waals surface area contributed by atoms with Crippen LogP contribution in [0.3, 0.4) is 0 Å². The smallest absolute Gasteiger partial charge is 0.331 e. The van der Waals surface area contributed by atoms with E-state index in [9.17, 15) is 9.90 Å². The molecule has 0 unspecified atom stereocenters. The molecule has 1 aliphatic rings. The number of hydrogen-bond donors (Lipinski definition) is 2. The number of carboxylic acids is 1. The second-order valence-corrected chi connectivity index (χ2v) is 4.69. The molecule has 1 aliphatic heterocycles. The molecule has 1 saturated heterocycles. The van der Waals surface area contributed by atoms with Gasteiger partial charge in [-0.15, -0.1) is 0 Å². The predicted molar refractivity (Wildman–Crippen MR) is 62.3 cm³/mol. The minimum atomic E-state index is -0.827. The van der Waals surface area contributed by atoms with Crippen molar-refractivity contribution < 1.29 is 15.0 Å². The molecule has 0 amide bonds. The van der Waals surface area contributed by atoms with E-state index in [2.05, 4.69) is 4.90 Å². The van der Waals surface area contributed by atoms with E-state index in [0.29, 0.717) is 18.5 Å². The molecule has 92 valence electrons. The number of carbonyl (C=O) groups is 1. The molecule has 0 aliphatic carbocycles. The molecule has 0 atom stereocenters. The number of likely N-dealkylation sites (tertiary alicyclic amines) is 1. The zero-order valence-electron chi connectivity index (χ0n) is 10.1. The highest BCUT2D eigenvalue weighted by Gasteiger charge is 2.26. The summed E-state index contributed by atoms with van der Waals surface area (Å²) in [5.74, 6) is -0.827. The molecule has 0 aromatic rings. The Labute approximate surface area is 96.6 Å². The second kappa shape index (κ2) is 5.46. The number of hydrogen-bond acceptors (Lipinski definition) is 3. The van der Waals surface area contributed by atoms with E-state index in [1.807, 2.05) is 13.8 Å². The van der Waals surface area contributed by atoms with Crippen molar-refractivity contribution in [3.8, 4) is 0 Å². The molecule has 0 saturated carbocycles. The molecule has 1 heterocycles. The normalized spacial score (nSPS) is 22.1. The Kier molecular flexibility index (Phi) is 4.50. The summed E-state index contributed by atoms with van der Waals surface area (Å²) < 4.78 is 0. The highest BCUT2D eigenvalue weighted by molar-refractivity contribution is 5.86. The van der Waals surface area contributed by atoms with Crippen LogP contribution in [-0.2, 0) is 4.79 Å². The predicted octanol–water partition coefficient (Wildman–Crippen LogP) is 1.25. The first-order chi connectivity index (χ1) is 7.44. The summed E-state index contributed by atoms with van der Waals surface area (Å²) in [5, 5.41) is 18.6. The van der Waals surface area contributed by atoms with Crippen molar-refractivity contribution in [2.24, 2.45) is 0 Å². The van der Waals surface area contributed by atoms with Crippen LogP contribution < -0.4 is 0 Å². The quantitative estimate of drug-likeness (QED) is 0.710. The fourth-order valence-electron chi connectivity index (χ4n) is 1.84. The Morgan fingerprint density at radius 3 is 2.44 bits per heavy atom. The summed E-state index contributed by atoms with van der Waals surface area (Å²) in [4.78, 5) is 13.0. The molecular weight excluding hydrogens is 206 g/mol. The Hall–Kier alpha value is -0.870. The first-order valence-corrected chi connectivity index (χ1v) is 5.81. The number of rotatable bonds is 4. The Morgan fingerprint density at radius 1 is 1.44 bits per heavy atom. The van der Waals surface area contributed by atoms with Crippen LogP contribution in [0.15, 0.2) is 11.6 Å². The molecule has 0 aromatic heterocycles. The van der Waals surface area contributed by atoms with E-state index in [1.54, 1.807) is 6.08 Å². The lowest BCUT2D eigenvalue weighted by molar-refractivity contribution is -0.132. The summed E-state index contributed by atoms with van der Waals surface area (Å²) in [6.45, 7) is 6.04. The van der Waals surface area contributed by atoms with E-state index in [-0.39, 0.29) is 0 Å². The average molecular weight is 227 g/mol. The van der Waals surface area contributed by atoms with Gasteiger partial charge in [-0.05, 0) is 26.2 Å². The summed E-state index contributed by atoms with van der Waals surface area (Å²) in [5.41, 5.74) is -0.0713. The van der Waals surface area contributed by atoms with Crippen molar-refractivity contribution in [1.82, 2.24) is 4.90 Å². The van der Waals surface area contributed by atoms with E-state index < -0.39 is 11.6 Å². The molecule has 0 radical (unpaired) electrons. The van der Waals surface area contributed by atoms with Gasteiger partial charge in [0.2, 0.25) is 0 Å². The molecule has 0 spiro atoms. The van der Waals surface area contributed by atoms with Gasteiger partial charge in [0.05, 0.1) is 5.60 Å². The lowest BCUT2D eigenvalue weighted by atomic mass is 9.94. The highest BCUT2D eigenvalue weighted by atomic mass is 16.4. The zero-order chi connectivity index (χ0) is 12.2. The van der Waals surface area contributed by atoms with Crippen LogP contribution in [0, 0.1) is 0 Å². The van der Waals surface area contributed by atoms with Crippen molar-refractivity contribution in [3.05, 3.63) is 11.6 Å². The van der Waals surface area contributed by atoms with Gasteiger partial charge in [-0.1, -0.05) is 13.0 Å². The maximum absolute atomic E-state index is 10.8. The van der Waals surface area contributed by atoms with Gasteiger partial charge in [0.15, 0.2) is 0 Å². The topological polar surface area (TPSA) is 60.8 Å². The number of aliphatic hydroxyl groups is 1. The SMILES string of the molecule is CCC(=CCN1CCC(C)(O)CC1)C(=O)O. The van der Waals surface area contributed by atoms with Crippen molar-refractivity contribution in [3.63, 3.8) is 0 Å². The van der Waals surface area contributed by atoms with Crippen molar-refractivity contribution in [2.45, 2.75) is 38.7 Å². The maximum Gasteiger partial charge on any atom is 0.331 e. The van der Waals surface area contributed by atoms with Gasteiger partial charge in [0, 0.05) is 25.2 Å². The average Bonchev–Trinajstić information content (AvgIpc) is 2.20. The first kappa shape index (κ1) is 13.2. The third-order valence-electron chi connectivity index (χ3n) is 3.18. The van der Waals surface area contributed by atoms with Gasteiger partial charge >= 0.3 is 5.97 Å². The molecule has 4 nitrogen and oxygen atoms in total. The molecule has 2 N–H and O–H groups in total. The van der Waals surface area contributed by atoms with Gasteiger partial charge in [-0.3, -0.25) is 4.90 Å². The number of nitrogens with zero attached hydrogens (tertiary/aromatic N) is 1. The molecule has 16 heavy (non-hydrogen) atoms. The van der Waals surface area contributed by atoms with E-state index in [0.717, 1.165) is 25.9 Å². The molecular formula is C12H21NO3. The van der Waals surface area contributed by atoms with Gasteiger partial charge in [-0.2, -0.15) is 0 Å². The van der Waals surface area contributed by atoms with Crippen LogP contribution >= 0.6 is 0 Å². The van der Waals surface area contributed by atoms with Crippen LogP contribution in [0.2, 0.25) is 0 Å². The maximum atomic E-state index is 10.8. The van der Waals surface area contributed by atoms with Crippen LogP contribution in [0.1, 0.15) is 33.1 Å². The number of carboxylic acid groups (broad SMARTS) is 1. The van der Waals surface area contributed by atoms with Gasteiger partial charge < -0.3 is 10.2 Å².